The summed E-state index contributed by atoms with van der Waals surface area (Å²) in [7, 11) is 6.85. The van der Waals surface area contributed by atoms with Crippen LogP contribution in [0.2, 0.25) is 0 Å². The topological polar surface area (TPSA) is 169 Å². The molecule has 0 saturated carbocycles. The highest BCUT2D eigenvalue weighted by molar-refractivity contribution is 6.19. The Labute approximate surface area is 253 Å². The summed E-state index contributed by atoms with van der Waals surface area (Å²) in [6, 6.07) is 3.24. The minimum atomic E-state index is -1.07. The number of esters is 3. The second-order valence-electron chi connectivity index (χ2n) is 10.9. The van der Waals surface area contributed by atoms with E-state index in [0.29, 0.717) is 16.8 Å². The van der Waals surface area contributed by atoms with E-state index in [1.54, 1.807) is 39.2 Å². The number of fused-ring (bicyclic) bond motifs is 3. The SMILES string of the molecule is CC(=O)NC(=O)c1c(OC(C)=O)c2c(c(N(C)C)c1OC(C)=O)CC1Cc3c(N(C)C)ccc(OC(C)=O)c3C(=O)C1=C2O. The zero-order valence-corrected chi connectivity index (χ0v) is 25.7. The first-order chi connectivity index (χ1) is 20.5. The fourth-order valence-electron chi connectivity index (χ4n) is 5.83. The number of carbonyl (C=O) groups is 6. The van der Waals surface area contributed by atoms with Crippen LogP contribution in [0.5, 0.6) is 17.2 Å². The largest absolute Gasteiger partial charge is 0.507 e. The molecule has 0 aliphatic heterocycles. The van der Waals surface area contributed by atoms with Crippen LogP contribution in [0.25, 0.3) is 5.76 Å². The first kappa shape index (κ1) is 31.7. The van der Waals surface area contributed by atoms with Crippen LogP contribution in [0.15, 0.2) is 17.7 Å². The fraction of sp³-hybridized carbons (Fsp3) is 0.355. The highest BCUT2D eigenvalue weighted by atomic mass is 16.5. The third kappa shape index (κ3) is 5.60. The van der Waals surface area contributed by atoms with Gasteiger partial charge < -0.3 is 29.1 Å². The lowest BCUT2D eigenvalue weighted by atomic mass is 9.70. The molecular formula is C31H33N3O10. The van der Waals surface area contributed by atoms with Gasteiger partial charge in [0.25, 0.3) is 5.91 Å². The third-order valence-corrected chi connectivity index (χ3v) is 7.20. The van der Waals surface area contributed by atoms with E-state index in [1.165, 1.54) is 13.0 Å². The molecule has 0 radical (unpaired) electrons. The predicted octanol–water partition coefficient (Wildman–Crippen LogP) is 2.75. The van der Waals surface area contributed by atoms with E-state index in [9.17, 15) is 33.9 Å². The zero-order valence-electron chi connectivity index (χ0n) is 25.7. The highest BCUT2D eigenvalue weighted by Gasteiger charge is 2.45. The molecule has 13 nitrogen and oxygen atoms in total. The van der Waals surface area contributed by atoms with Crippen molar-refractivity contribution in [1.29, 1.82) is 0 Å². The Bertz CT molecular complexity index is 1690. The molecule has 13 heteroatoms. The number of nitrogens with one attached hydrogen (secondary N) is 1. The van der Waals surface area contributed by atoms with Crippen LogP contribution in [-0.4, -0.2) is 68.8 Å². The average Bonchev–Trinajstić information content (AvgIpc) is 2.86. The lowest BCUT2D eigenvalue weighted by Gasteiger charge is -2.37. The van der Waals surface area contributed by atoms with E-state index in [4.69, 9.17) is 14.2 Å². The molecule has 4 rings (SSSR count). The van der Waals surface area contributed by atoms with Gasteiger partial charge in [-0.15, -0.1) is 0 Å². The number of allylic oxidation sites excluding steroid dienone is 1. The molecule has 2 aliphatic rings. The van der Waals surface area contributed by atoms with Crippen molar-refractivity contribution in [2.45, 2.75) is 40.5 Å². The number of nitrogens with zero attached hydrogens (tertiary/aromatic N) is 2. The number of hydrogen-bond acceptors (Lipinski definition) is 12. The maximum absolute atomic E-state index is 14.2. The van der Waals surface area contributed by atoms with Crippen molar-refractivity contribution in [2.24, 2.45) is 5.92 Å². The van der Waals surface area contributed by atoms with Gasteiger partial charge in [-0.05, 0) is 42.0 Å². The van der Waals surface area contributed by atoms with E-state index in [1.807, 2.05) is 4.90 Å². The number of ketones is 1. The van der Waals surface area contributed by atoms with Crippen LogP contribution in [0.4, 0.5) is 11.4 Å². The molecule has 0 bridgehead atoms. The Kier molecular flexibility index (Phi) is 8.53. The van der Waals surface area contributed by atoms with Gasteiger partial charge in [0, 0.05) is 67.1 Å². The van der Waals surface area contributed by atoms with E-state index >= 15 is 0 Å². The van der Waals surface area contributed by atoms with E-state index in [0.717, 1.165) is 20.8 Å². The number of benzene rings is 2. The summed E-state index contributed by atoms with van der Waals surface area (Å²) >= 11 is 0. The molecule has 1 unspecified atom stereocenters. The first-order valence-corrected chi connectivity index (χ1v) is 13.6. The molecule has 0 spiro atoms. The molecule has 2 aromatic carbocycles. The maximum atomic E-state index is 14.2. The summed E-state index contributed by atoms with van der Waals surface area (Å²) in [6.07, 6.45) is 0.336. The van der Waals surface area contributed by atoms with Gasteiger partial charge in [-0.2, -0.15) is 0 Å². The summed E-state index contributed by atoms with van der Waals surface area (Å²) in [5, 5.41) is 14.0. The molecule has 0 saturated heterocycles. The van der Waals surface area contributed by atoms with Crippen molar-refractivity contribution < 1.29 is 48.1 Å². The highest BCUT2D eigenvalue weighted by Crippen LogP contribution is 2.53. The van der Waals surface area contributed by atoms with Crippen LogP contribution in [0, 0.1) is 5.92 Å². The summed E-state index contributed by atoms with van der Waals surface area (Å²) in [5.41, 5.74) is 1.27. The predicted molar refractivity (Wildman–Crippen MR) is 158 cm³/mol. The molecule has 2 amide bonds. The molecule has 1 atom stereocenters. The molecule has 44 heavy (non-hydrogen) atoms. The van der Waals surface area contributed by atoms with Gasteiger partial charge in [0.2, 0.25) is 5.91 Å². The van der Waals surface area contributed by atoms with Gasteiger partial charge in [-0.25, -0.2) is 0 Å². The van der Waals surface area contributed by atoms with Crippen molar-refractivity contribution in [2.75, 3.05) is 38.0 Å². The number of carbonyl (C=O) groups excluding carboxylic acids is 6. The van der Waals surface area contributed by atoms with Crippen molar-refractivity contribution >= 4 is 52.6 Å². The van der Waals surface area contributed by atoms with Gasteiger partial charge in [0.15, 0.2) is 17.3 Å². The lowest BCUT2D eigenvalue weighted by Crippen LogP contribution is -2.34. The van der Waals surface area contributed by atoms with Gasteiger partial charge >= 0.3 is 17.9 Å². The molecule has 0 fully saturated rings. The van der Waals surface area contributed by atoms with Crippen molar-refractivity contribution in [1.82, 2.24) is 5.32 Å². The minimum Gasteiger partial charge on any atom is -0.507 e. The number of anilines is 2. The lowest BCUT2D eigenvalue weighted by molar-refractivity contribution is -0.133. The Hall–Kier alpha value is -5.20. The number of amides is 2. The maximum Gasteiger partial charge on any atom is 0.308 e. The van der Waals surface area contributed by atoms with E-state index in [-0.39, 0.29) is 46.7 Å². The second-order valence-corrected chi connectivity index (χ2v) is 10.9. The normalized spacial score (nSPS) is 14.9. The number of aliphatic hydroxyl groups excluding tert-OH is 1. The minimum absolute atomic E-state index is 0.0218. The van der Waals surface area contributed by atoms with Gasteiger partial charge in [-0.1, -0.05) is 0 Å². The summed E-state index contributed by atoms with van der Waals surface area (Å²) < 4.78 is 16.4. The molecule has 0 heterocycles. The number of Topliss-reactive ketones (excluding diaryl/α,β-unsaturated/α-hetero) is 1. The molecule has 232 valence electrons. The van der Waals surface area contributed by atoms with E-state index < -0.39 is 58.5 Å². The summed E-state index contributed by atoms with van der Waals surface area (Å²) in [5.74, 6) is -6.69. The second kappa shape index (κ2) is 11.8. The van der Waals surface area contributed by atoms with Gasteiger partial charge in [-0.3, -0.25) is 34.1 Å². The summed E-state index contributed by atoms with van der Waals surface area (Å²) in [6.45, 7) is 4.48. The number of aliphatic hydroxyl groups is 1. The van der Waals surface area contributed by atoms with Crippen LogP contribution in [-0.2, 0) is 32.0 Å². The number of rotatable bonds is 6. The Balaban J connectivity index is 2.14. The van der Waals surface area contributed by atoms with Crippen molar-refractivity contribution in [3.63, 3.8) is 0 Å². The number of ether oxygens (including phenoxy) is 3. The van der Waals surface area contributed by atoms with Crippen LogP contribution in [0.1, 0.15) is 65.1 Å². The smallest absolute Gasteiger partial charge is 0.308 e. The Morgan fingerprint density at radius 2 is 1.36 bits per heavy atom. The molecule has 2 aliphatic carbocycles. The first-order valence-electron chi connectivity index (χ1n) is 13.6. The number of imide groups is 1. The Morgan fingerprint density at radius 1 is 0.795 bits per heavy atom. The quantitative estimate of drug-likeness (QED) is 0.364. The van der Waals surface area contributed by atoms with Gasteiger partial charge in [0.05, 0.1) is 16.8 Å². The fourth-order valence-corrected chi connectivity index (χ4v) is 5.83. The zero-order chi connectivity index (χ0) is 32.8. The average molecular weight is 608 g/mol. The van der Waals surface area contributed by atoms with Crippen molar-refractivity contribution in [3.8, 4) is 17.2 Å². The van der Waals surface area contributed by atoms with Crippen molar-refractivity contribution in [3.05, 3.63) is 45.5 Å². The monoisotopic (exact) mass is 607 g/mol. The molecular weight excluding hydrogens is 574 g/mol. The van der Waals surface area contributed by atoms with Gasteiger partial charge in [0.1, 0.15) is 17.1 Å². The molecule has 2 N–H and O–H groups in total. The Morgan fingerprint density at radius 3 is 1.89 bits per heavy atom. The summed E-state index contributed by atoms with van der Waals surface area (Å²) in [4.78, 5) is 79.5. The molecule has 2 aromatic rings. The van der Waals surface area contributed by atoms with E-state index in [2.05, 4.69) is 5.32 Å². The van der Waals surface area contributed by atoms with Crippen LogP contribution in [0.3, 0.4) is 0 Å². The standard InChI is InChI=1S/C31H33N3O10/c1-13(35)32-31(41)25-29(43-15(3)37)24-19(26(34(7)8)30(25)44-16(4)38)12-17-11-18-20(33(5)6)9-10-21(42-14(2)36)23(18)27(39)22(17)28(24)40/h9-10,17,40H,11-12H2,1-8H3,(H,32,35,41). The molecule has 0 aromatic heterocycles. The van der Waals surface area contributed by atoms with Crippen LogP contribution < -0.4 is 29.3 Å². The third-order valence-electron chi connectivity index (χ3n) is 7.20. The van der Waals surface area contributed by atoms with Crippen LogP contribution >= 0.6 is 0 Å². The number of hydrogen-bond donors (Lipinski definition) is 2.